The lowest BCUT2D eigenvalue weighted by Gasteiger charge is -2.38. The average Bonchev–Trinajstić information content (AvgIpc) is 2.95. The number of alkyl carbamates (subject to hydrolysis) is 1. The van der Waals surface area contributed by atoms with Gasteiger partial charge in [-0.2, -0.15) is 0 Å². The first-order valence-corrected chi connectivity index (χ1v) is 8.47. The maximum atomic E-state index is 11.9. The molecule has 1 amide bonds. The number of carboxylic acids is 1. The minimum Gasteiger partial charge on any atom is -0.477 e. The number of ether oxygens (including phenoxy) is 2. The van der Waals surface area contributed by atoms with Crippen LogP contribution in [0.2, 0.25) is 0 Å². The summed E-state index contributed by atoms with van der Waals surface area (Å²) in [6, 6.07) is -0.167. The monoisotopic (exact) mass is 357 g/mol. The summed E-state index contributed by atoms with van der Waals surface area (Å²) in [7, 11) is 1.59. The fourth-order valence-electron chi connectivity index (χ4n) is 2.46. The van der Waals surface area contributed by atoms with E-state index < -0.39 is 17.7 Å². The Kier molecular flexibility index (Phi) is 5.66. The van der Waals surface area contributed by atoms with Gasteiger partial charge in [0.25, 0.3) is 0 Å². The van der Waals surface area contributed by atoms with E-state index in [1.165, 1.54) is 6.20 Å². The molecule has 1 fully saturated rings. The number of carbonyl (C=O) groups is 2. The first-order chi connectivity index (χ1) is 11.2. The van der Waals surface area contributed by atoms with Crippen LogP contribution in [0.4, 0.5) is 9.93 Å². The summed E-state index contributed by atoms with van der Waals surface area (Å²) in [4.78, 5) is 29.2. The van der Waals surface area contributed by atoms with Crippen molar-refractivity contribution in [2.75, 3.05) is 25.1 Å². The third-order valence-corrected chi connectivity index (χ3v) is 4.58. The third kappa shape index (κ3) is 4.81. The molecule has 0 saturated carbocycles. The van der Waals surface area contributed by atoms with Crippen molar-refractivity contribution in [2.24, 2.45) is 0 Å². The number of aromatic nitrogens is 1. The predicted molar refractivity (Wildman–Crippen MR) is 89.9 cm³/mol. The van der Waals surface area contributed by atoms with Gasteiger partial charge >= 0.3 is 12.1 Å². The van der Waals surface area contributed by atoms with Crippen molar-refractivity contribution < 1.29 is 24.2 Å². The van der Waals surface area contributed by atoms with Gasteiger partial charge in [0.05, 0.1) is 18.3 Å². The molecule has 0 unspecified atom stereocenters. The quantitative estimate of drug-likeness (QED) is 0.849. The molecule has 8 nitrogen and oxygen atoms in total. The van der Waals surface area contributed by atoms with Crippen LogP contribution in [0.3, 0.4) is 0 Å². The van der Waals surface area contributed by atoms with Crippen LogP contribution in [0.5, 0.6) is 0 Å². The Bertz CT molecular complexity index is 598. The van der Waals surface area contributed by atoms with Crippen LogP contribution in [-0.4, -0.2) is 60.1 Å². The zero-order chi connectivity index (χ0) is 17.9. The van der Waals surface area contributed by atoms with Crippen molar-refractivity contribution in [3.8, 4) is 0 Å². The number of amides is 1. The molecule has 0 bridgehead atoms. The Morgan fingerprint density at radius 3 is 2.71 bits per heavy atom. The Morgan fingerprint density at radius 1 is 1.46 bits per heavy atom. The van der Waals surface area contributed by atoms with E-state index in [0.29, 0.717) is 24.6 Å². The van der Waals surface area contributed by atoms with E-state index in [-0.39, 0.29) is 17.0 Å². The standard InChI is InChI=1S/C15H23N3O5S/c1-15(2,3)23-14(21)17-9-5-6-18(8-10(9)22-4)13-16-7-11(24-13)12(19)20/h7,9-10H,5-6,8H2,1-4H3,(H,17,21)(H,19,20)/t9-,10-/m0/s1. The van der Waals surface area contributed by atoms with E-state index >= 15 is 0 Å². The molecule has 0 aliphatic carbocycles. The second kappa shape index (κ2) is 7.35. The van der Waals surface area contributed by atoms with Gasteiger partial charge < -0.3 is 24.8 Å². The molecule has 0 radical (unpaired) electrons. The Labute approximate surface area is 144 Å². The largest absolute Gasteiger partial charge is 0.477 e. The van der Waals surface area contributed by atoms with Crippen molar-refractivity contribution in [2.45, 2.75) is 44.9 Å². The lowest BCUT2D eigenvalue weighted by molar-refractivity contribution is 0.0298. The van der Waals surface area contributed by atoms with Crippen molar-refractivity contribution in [3.63, 3.8) is 0 Å². The molecule has 2 heterocycles. The number of carbonyl (C=O) groups excluding carboxylic acids is 1. The van der Waals surface area contributed by atoms with Gasteiger partial charge in [0.1, 0.15) is 10.5 Å². The maximum Gasteiger partial charge on any atom is 0.407 e. The normalized spacial score (nSPS) is 21.4. The van der Waals surface area contributed by atoms with Gasteiger partial charge in [0.15, 0.2) is 5.13 Å². The molecule has 2 N–H and O–H groups in total. The van der Waals surface area contributed by atoms with Crippen molar-refractivity contribution in [1.82, 2.24) is 10.3 Å². The van der Waals surface area contributed by atoms with Gasteiger partial charge in [-0.1, -0.05) is 11.3 Å². The fourth-order valence-corrected chi connectivity index (χ4v) is 3.25. The number of nitrogens with one attached hydrogen (secondary N) is 1. The molecular weight excluding hydrogens is 334 g/mol. The van der Waals surface area contributed by atoms with Crippen molar-refractivity contribution >= 4 is 28.5 Å². The summed E-state index contributed by atoms with van der Waals surface area (Å²) in [5.41, 5.74) is -0.554. The number of piperidine rings is 1. The molecule has 1 aliphatic rings. The van der Waals surface area contributed by atoms with Crippen LogP contribution in [0.1, 0.15) is 36.9 Å². The van der Waals surface area contributed by atoms with Gasteiger partial charge in [-0.05, 0) is 27.2 Å². The van der Waals surface area contributed by atoms with E-state index in [2.05, 4.69) is 10.3 Å². The van der Waals surface area contributed by atoms with Crippen LogP contribution < -0.4 is 10.2 Å². The van der Waals surface area contributed by atoms with Crippen LogP contribution in [0.25, 0.3) is 0 Å². The second-order valence-corrected chi connectivity index (χ2v) is 7.58. The van der Waals surface area contributed by atoms with Gasteiger partial charge in [0.2, 0.25) is 0 Å². The number of aromatic carboxylic acids is 1. The summed E-state index contributed by atoms with van der Waals surface area (Å²) >= 11 is 1.13. The molecule has 0 aromatic carbocycles. The van der Waals surface area contributed by atoms with E-state index in [0.717, 1.165) is 11.3 Å². The van der Waals surface area contributed by atoms with E-state index in [4.69, 9.17) is 14.6 Å². The fraction of sp³-hybridized carbons (Fsp3) is 0.667. The lowest BCUT2D eigenvalue weighted by atomic mass is 10.0. The molecule has 2 atom stereocenters. The smallest absolute Gasteiger partial charge is 0.407 e. The highest BCUT2D eigenvalue weighted by molar-refractivity contribution is 7.17. The lowest BCUT2D eigenvalue weighted by Crippen LogP contribution is -2.55. The van der Waals surface area contributed by atoms with Crippen LogP contribution in [0, 0.1) is 0 Å². The molecule has 1 saturated heterocycles. The summed E-state index contributed by atoms with van der Waals surface area (Å²) in [6.07, 6.45) is 1.31. The highest BCUT2D eigenvalue weighted by Crippen LogP contribution is 2.26. The molecule has 24 heavy (non-hydrogen) atoms. The summed E-state index contributed by atoms with van der Waals surface area (Å²) < 4.78 is 10.8. The first-order valence-electron chi connectivity index (χ1n) is 7.66. The maximum absolute atomic E-state index is 11.9. The first kappa shape index (κ1) is 18.5. The SMILES string of the molecule is CO[C@H]1CN(c2ncc(C(=O)O)s2)CC[C@@H]1NC(=O)OC(C)(C)C. The van der Waals surface area contributed by atoms with Gasteiger partial charge in [0, 0.05) is 20.2 Å². The second-order valence-electron chi connectivity index (χ2n) is 6.57. The Balaban J connectivity index is 1.97. The number of carboxylic acid groups (broad SMARTS) is 1. The van der Waals surface area contributed by atoms with Gasteiger partial charge in [-0.15, -0.1) is 0 Å². The predicted octanol–water partition coefficient (Wildman–Crippen LogP) is 1.96. The summed E-state index contributed by atoms with van der Waals surface area (Å²) in [6.45, 7) is 6.60. The molecule has 2 rings (SSSR count). The van der Waals surface area contributed by atoms with Gasteiger partial charge in [-0.3, -0.25) is 0 Å². The van der Waals surface area contributed by atoms with E-state index in [9.17, 15) is 9.59 Å². The molecule has 1 aromatic heterocycles. The average molecular weight is 357 g/mol. The number of anilines is 1. The van der Waals surface area contributed by atoms with Crippen LogP contribution in [0.15, 0.2) is 6.20 Å². The number of nitrogens with zero attached hydrogens (tertiary/aromatic N) is 2. The van der Waals surface area contributed by atoms with Crippen LogP contribution >= 0.6 is 11.3 Å². The van der Waals surface area contributed by atoms with Gasteiger partial charge in [-0.25, -0.2) is 14.6 Å². The molecule has 1 aliphatic heterocycles. The summed E-state index contributed by atoms with van der Waals surface area (Å²) in [5.74, 6) is -0.983. The number of methoxy groups -OCH3 is 1. The van der Waals surface area contributed by atoms with Crippen molar-refractivity contribution in [1.29, 1.82) is 0 Å². The molecule has 134 valence electrons. The zero-order valence-corrected chi connectivity index (χ0v) is 15.1. The minimum absolute atomic E-state index is 0.167. The van der Waals surface area contributed by atoms with Crippen LogP contribution in [-0.2, 0) is 9.47 Å². The molecular formula is C15H23N3O5S. The topological polar surface area (TPSA) is 101 Å². The molecule has 0 spiro atoms. The Morgan fingerprint density at radius 2 is 2.17 bits per heavy atom. The molecule has 1 aromatic rings. The number of hydrogen-bond acceptors (Lipinski definition) is 7. The number of rotatable bonds is 4. The van der Waals surface area contributed by atoms with E-state index in [1.807, 2.05) is 25.7 Å². The number of hydrogen-bond donors (Lipinski definition) is 2. The van der Waals surface area contributed by atoms with E-state index in [1.54, 1.807) is 7.11 Å². The van der Waals surface area contributed by atoms with Crippen molar-refractivity contribution in [3.05, 3.63) is 11.1 Å². The Hall–Kier alpha value is -1.87. The number of thiazole rings is 1. The highest BCUT2D eigenvalue weighted by atomic mass is 32.1. The zero-order valence-electron chi connectivity index (χ0n) is 14.2. The minimum atomic E-state index is -0.983. The summed E-state index contributed by atoms with van der Waals surface area (Å²) in [5, 5.41) is 12.5. The third-order valence-electron chi connectivity index (χ3n) is 3.54. The highest BCUT2D eigenvalue weighted by Gasteiger charge is 2.33. The molecule has 9 heteroatoms.